The summed E-state index contributed by atoms with van der Waals surface area (Å²) >= 11 is 10.5. The number of nitrogens with one attached hydrogen (secondary N) is 1. The van der Waals surface area contributed by atoms with Crippen molar-refractivity contribution in [3.05, 3.63) is 36.0 Å². The highest BCUT2D eigenvalue weighted by Gasteiger charge is 2.75. The van der Waals surface area contributed by atoms with Crippen molar-refractivity contribution < 1.29 is 14.6 Å². The van der Waals surface area contributed by atoms with Gasteiger partial charge in [-0.1, -0.05) is 41.1 Å². The Bertz CT molecular complexity index is 920. The van der Waals surface area contributed by atoms with E-state index in [1.807, 2.05) is 18.3 Å². The van der Waals surface area contributed by atoms with Crippen LogP contribution in [0.4, 0.5) is 0 Å². The van der Waals surface area contributed by atoms with E-state index < -0.39 is 17.0 Å². The molecule has 0 radical (unpaired) electrons. The number of alkyl halides is 2. The number of nitrogens with zero attached hydrogens (tertiary/aromatic N) is 1. The second-order valence-electron chi connectivity index (χ2n) is 8.07. The third kappa shape index (κ3) is 2.21. The monoisotopic (exact) mass is 452 g/mol. The van der Waals surface area contributed by atoms with Crippen LogP contribution in [-0.2, 0) is 16.0 Å². The van der Waals surface area contributed by atoms with Gasteiger partial charge in [0.15, 0.2) is 11.1 Å². The van der Waals surface area contributed by atoms with Crippen molar-refractivity contribution in [1.82, 2.24) is 9.88 Å². The summed E-state index contributed by atoms with van der Waals surface area (Å²) in [5.74, 6) is -0.384. The number of carbonyl (C=O) groups is 1. The molecule has 2 aromatic rings. The Morgan fingerprint density at radius 3 is 3.00 bits per heavy atom. The predicted octanol–water partition coefficient (Wildman–Crippen LogP) is 3.18. The number of H-pyrrole nitrogens is 1. The summed E-state index contributed by atoms with van der Waals surface area (Å²) < 4.78 is 5.81. The van der Waals surface area contributed by atoms with Crippen molar-refractivity contribution in [3.8, 4) is 0 Å². The summed E-state index contributed by atoms with van der Waals surface area (Å²) in [5.41, 5.74) is 1.96. The number of aliphatic hydroxyl groups is 1. The molecule has 5 heterocycles. The van der Waals surface area contributed by atoms with E-state index in [2.05, 4.69) is 44.9 Å². The molecule has 4 aliphatic heterocycles. The van der Waals surface area contributed by atoms with Gasteiger partial charge in [0.1, 0.15) is 0 Å². The molecule has 4 bridgehead atoms. The molecule has 1 aliphatic carbocycles. The Morgan fingerprint density at radius 1 is 1.44 bits per heavy atom. The van der Waals surface area contributed by atoms with E-state index in [4.69, 9.17) is 16.3 Å². The summed E-state index contributed by atoms with van der Waals surface area (Å²) in [6.45, 7) is 2.76. The van der Waals surface area contributed by atoms with E-state index in [1.165, 1.54) is 10.9 Å². The number of esters is 1. The molecule has 1 aromatic carbocycles. The molecule has 6 unspecified atom stereocenters. The van der Waals surface area contributed by atoms with Crippen LogP contribution in [0, 0.1) is 5.41 Å². The maximum atomic E-state index is 12.5. The van der Waals surface area contributed by atoms with Crippen LogP contribution in [0.15, 0.2) is 30.5 Å². The smallest absolute Gasteiger partial charge is 0.330 e. The highest BCUT2D eigenvalue weighted by molar-refractivity contribution is 9.09. The van der Waals surface area contributed by atoms with E-state index in [-0.39, 0.29) is 22.4 Å². The first-order chi connectivity index (χ1) is 12.9. The topological polar surface area (TPSA) is 65.6 Å². The number of aromatic amines is 1. The van der Waals surface area contributed by atoms with Gasteiger partial charge in [-0.05, 0) is 30.9 Å². The average molecular weight is 454 g/mol. The lowest BCUT2D eigenvalue weighted by molar-refractivity contribution is -0.275. The quantitative estimate of drug-likeness (QED) is 0.551. The maximum absolute atomic E-state index is 12.5. The summed E-state index contributed by atoms with van der Waals surface area (Å²) in [5, 5.41) is 12.2. The number of fused-ring (bicyclic) bond motifs is 3. The number of hydrogen-bond donors (Lipinski definition) is 2. The van der Waals surface area contributed by atoms with Gasteiger partial charge < -0.3 is 14.8 Å². The molecule has 0 amide bonds. The van der Waals surface area contributed by atoms with Crippen LogP contribution in [0.2, 0.25) is 0 Å². The molecular weight excluding hydrogens is 432 g/mol. The molecular formula is C20H22BrClN2O3. The van der Waals surface area contributed by atoms with Gasteiger partial charge in [0.05, 0.1) is 17.0 Å². The lowest BCUT2D eigenvalue weighted by atomic mass is 9.57. The fourth-order valence-corrected chi connectivity index (χ4v) is 7.08. The Kier molecular flexibility index (Phi) is 3.97. The molecule has 2 N–H and O–H groups in total. The first-order valence-corrected chi connectivity index (χ1v) is 10.7. The van der Waals surface area contributed by atoms with Gasteiger partial charge in [-0.3, -0.25) is 9.69 Å². The number of piperidine rings is 2. The van der Waals surface area contributed by atoms with Crippen LogP contribution < -0.4 is 0 Å². The molecule has 7 rings (SSSR count). The van der Waals surface area contributed by atoms with Gasteiger partial charge in [-0.2, -0.15) is 0 Å². The molecule has 6 atom stereocenters. The highest BCUT2D eigenvalue weighted by atomic mass is 79.9. The molecule has 0 spiro atoms. The minimum atomic E-state index is -1.17. The number of ether oxygens (including phenoxy) is 1. The number of halogens is 2. The standard InChI is InChI=1S/C20H22BrClN2O3/c1-2-19-10-20(22)16(14(25)15(19)21)24(17(19)27-18(20)26)8-7-11-9-23-13-6-4-3-5-12(11)13/h3-6,9,14-17,23,25H,2,7-8,10H2,1H3. The van der Waals surface area contributed by atoms with Gasteiger partial charge in [0, 0.05) is 29.1 Å². The van der Waals surface area contributed by atoms with Gasteiger partial charge in [0.2, 0.25) is 0 Å². The summed E-state index contributed by atoms with van der Waals surface area (Å²) in [4.78, 5) is 16.7. The molecule has 27 heavy (non-hydrogen) atoms. The predicted molar refractivity (Wildman–Crippen MR) is 107 cm³/mol. The average Bonchev–Trinajstić information content (AvgIpc) is 3.08. The summed E-state index contributed by atoms with van der Waals surface area (Å²) in [6.07, 6.45) is 3.10. The highest BCUT2D eigenvalue weighted by Crippen LogP contribution is 2.63. The van der Waals surface area contributed by atoms with Crippen molar-refractivity contribution >= 4 is 44.4 Å². The Morgan fingerprint density at radius 2 is 2.22 bits per heavy atom. The third-order valence-electron chi connectivity index (χ3n) is 6.91. The Hall–Kier alpha value is -1.08. The fourth-order valence-electron chi connectivity index (χ4n) is 5.53. The molecule has 4 saturated heterocycles. The second kappa shape index (κ2) is 5.96. The third-order valence-corrected chi connectivity index (χ3v) is 8.87. The van der Waals surface area contributed by atoms with Gasteiger partial charge in [0.25, 0.3) is 0 Å². The van der Waals surface area contributed by atoms with Crippen LogP contribution >= 0.6 is 27.5 Å². The second-order valence-corrected chi connectivity index (χ2v) is 9.73. The first-order valence-electron chi connectivity index (χ1n) is 9.45. The van der Waals surface area contributed by atoms with Crippen LogP contribution in [0.25, 0.3) is 10.9 Å². The van der Waals surface area contributed by atoms with Crippen molar-refractivity contribution in [2.45, 2.75) is 54.3 Å². The van der Waals surface area contributed by atoms with Crippen molar-refractivity contribution in [2.24, 2.45) is 5.41 Å². The van der Waals surface area contributed by atoms with Crippen molar-refractivity contribution in [1.29, 1.82) is 0 Å². The Labute approximate surface area is 171 Å². The molecule has 1 saturated carbocycles. The summed E-state index contributed by atoms with van der Waals surface area (Å²) in [7, 11) is 0. The number of benzene rings is 1. The summed E-state index contributed by atoms with van der Waals surface area (Å²) in [6, 6.07) is 7.78. The van der Waals surface area contributed by atoms with E-state index in [0.29, 0.717) is 13.0 Å². The zero-order chi connectivity index (χ0) is 19.0. The van der Waals surface area contributed by atoms with Crippen molar-refractivity contribution in [3.63, 3.8) is 0 Å². The normalized spacial score (nSPS) is 40.7. The number of hydrogen-bond acceptors (Lipinski definition) is 4. The maximum Gasteiger partial charge on any atom is 0.330 e. The molecule has 5 aliphatic rings. The molecule has 5 nitrogen and oxygen atoms in total. The van der Waals surface area contributed by atoms with Gasteiger partial charge >= 0.3 is 5.97 Å². The SMILES string of the molecule is CCC12CC3(Cl)C(=O)OC1N(CCc1c[nH]c4ccccc14)C3C(O)C2Br. The molecule has 5 fully saturated rings. The zero-order valence-electron chi connectivity index (χ0n) is 15.0. The minimum absolute atomic E-state index is 0.130. The fraction of sp³-hybridized carbons (Fsp3) is 0.550. The number of aliphatic hydroxyl groups excluding tert-OH is 1. The number of rotatable bonds is 4. The van der Waals surface area contributed by atoms with E-state index in [9.17, 15) is 9.90 Å². The largest absolute Gasteiger partial charge is 0.444 e. The first kappa shape index (κ1) is 18.0. The van der Waals surface area contributed by atoms with Crippen LogP contribution in [0.1, 0.15) is 25.3 Å². The van der Waals surface area contributed by atoms with E-state index >= 15 is 0 Å². The number of para-hydroxylation sites is 1. The molecule has 7 heteroatoms. The van der Waals surface area contributed by atoms with E-state index in [0.717, 1.165) is 18.4 Å². The minimum Gasteiger partial charge on any atom is -0.444 e. The number of aromatic nitrogens is 1. The van der Waals surface area contributed by atoms with Gasteiger partial charge in [-0.15, -0.1) is 11.6 Å². The van der Waals surface area contributed by atoms with Crippen molar-refractivity contribution in [2.75, 3.05) is 6.54 Å². The molecule has 1 aromatic heterocycles. The van der Waals surface area contributed by atoms with Gasteiger partial charge in [-0.25, -0.2) is 0 Å². The van der Waals surface area contributed by atoms with Crippen LogP contribution in [0.3, 0.4) is 0 Å². The lowest BCUT2D eigenvalue weighted by Gasteiger charge is -2.69. The van der Waals surface area contributed by atoms with Crippen LogP contribution in [-0.4, -0.2) is 55.6 Å². The van der Waals surface area contributed by atoms with Crippen LogP contribution in [0.5, 0.6) is 0 Å². The number of carbonyl (C=O) groups excluding carboxylic acids is 1. The lowest BCUT2D eigenvalue weighted by Crippen LogP contribution is -2.84. The Balaban J connectivity index is 1.49. The zero-order valence-corrected chi connectivity index (χ0v) is 17.3. The van der Waals surface area contributed by atoms with E-state index in [1.54, 1.807) is 0 Å². The molecule has 144 valence electrons.